The van der Waals surface area contributed by atoms with Gasteiger partial charge in [0.05, 0.1) is 13.6 Å². The Kier molecular flexibility index (Phi) is 5.08. The fourth-order valence-electron chi connectivity index (χ4n) is 1.80. The Bertz CT molecular complexity index is 305. The molecule has 1 rings (SSSR count). The molecule has 0 amide bonds. The first kappa shape index (κ1) is 12.0. The van der Waals surface area contributed by atoms with Crippen LogP contribution in [0.2, 0.25) is 0 Å². The molecule has 0 N–H and O–H groups in total. The number of hydrogen-bond acceptors (Lipinski definition) is 1. The molecule has 0 saturated carbocycles. The van der Waals surface area contributed by atoms with Crippen LogP contribution in [0, 0.1) is 0 Å². The van der Waals surface area contributed by atoms with Gasteiger partial charge in [-0.05, 0) is 12.8 Å². The smallest absolute Gasteiger partial charge is 0.263 e. The van der Waals surface area contributed by atoms with E-state index in [0.29, 0.717) is 6.42 Å². The normalized spacial score (nSPS) is 10.5. The van der Waals surface area contributed by atoms with Gasteiger partial charge in [0, 0.05) is 0 Å². The van der Waals surface area contributed by atoms with Crippen molar-refractivity contribution in [1.29, 1.82) is 0 Å². The van der Waals surface area contributed by atoms with Crippen molar-refractivity contribution >= 4 is 6.29 Å². The van der Waals surface area contributed by atoms with Gasteiger partial charge in [-0.15, -0.1) is 0 Å². The first-order valence-electron chi connectivity index (χ1n) is 5.76. The number of hydrogen-bond donors (Lipinski definition) is 0. The Morgan fingerprint density at radius 3 is 2.87 bits per heavy atom. The van der Waals surface area contributed by atoms with Crippen molar-refractivity contribution in [1.82, 2.24) is 4.57 Å². The molecule has 3 nitrogen and oxygen atoms in total. The minimum atomic E-state index is 0.511. The molecular formula is C12H21N2O+. The van der Waals surface area contributed by atoms with Crippen LogP contribution in [0.5, 0.6) is 0 Å². The van der Waals surface area contributed by atoms with Crippen LogP contribution in [0.25, 0.3) is 0 Å². The number of nitrogens with zero attached hydrogens (tertiary/aromatic N) is 2. The zero-order chi connectivity index (χ0) is 11.1. The zero-order valence-corrected chi connectivity index (χ0v) is 9.78. The first-order valence-corrected chi connectivity index (χ1v) is 5.76. The molecule has 0 saturated heterocycles. The second kappa shape index (κ2) is 6.38. The summed E-state index contributed by atoms with van der Waals surface area (Å²) >= 11 is 0. The van der Waals surface area contributed by atoms with E-state index < -0.39 is 0 Å². The number of aryl methyl sites for hydroxylation is 2. The van der Waals surface area contributed by atoms with Gasteiger partial charge in [-0.2, -0.15) is 0 Å². The van der Waals surface area contributed by atoms with E-state index in [4.69, 9.17) is 0 Å². The maximum Gasteiger partial charge on any atom is 0.263 e. The summed E-state index contributed by atoms with van der Waals surface area (Å²) in [6, 6.07) is 0. The van der Waals surface area contributed by atoms with E-state index in [-0.39, 0.29) is 0 Å². The van der Waals surface area contributed by atoms with Crippen molar-refractivity contribution in [3.8, 4) is 0 Å². The summed E-state index contributed by atoms with van der Waals surface area (Å²) in [6.45, 7) is 3.25. The van der Waals surface area contributed by atoms with Gasteiger partial charge in [0.1, 0.15) is 25.1 Å². The molecule has 0 fully saturated rings. The Morgan fingerprint density at radius 1 is 1.40 bits per heavy atom. The van der Waals surface area contributed by atoms with E-state index in [0.717, 1.165) is 18.7 Å². The van der Waals surface area contributed by atoms with Crippen molar-refractivity contribution in [2.45, 2.75) is 45.6 Å². The number of carbonyl (C=O) groups excluding carboxylic acids is 1. The second-order valence-corrected chi connectivity index (χ2v) is 3.95. The quantitative estimate of drug-likeness (QED) is 0.381. The maximum absolute atomic E-state index is 10.5. The Balaban J connectivity index is 2.48. The summed E-state index contributed by atoms with van der Waals surface area (Å²) in [5, 5.41) is 0. The number of carbonyl (C=O) groups is 1. The predicted octanol–water partition coefficient (Wildman–Crippen LogP) is 1.63. The van der Waals surface area contributed by atoms with Crippen molar-refractivity contribution in [2.75, 3.05) is 0 Å². The van der Waals surface area contributed by atoms with Crippen LogP contribution in [-0.2, 0) is 24.8 Å². The third kappa shape index (κ3) is 3.50. The fourth-order valence-corrected chi connectivity index (χ4v) is 1.80. The summed E-state index contributed by atoms with van der Waals surface area (Å²) < 4.78 is 4.21. The summed E-state index contributed by atoms with van der Waals surface area (Å²) in [6.07, 6.45) is 10.6. The van der Waals surface area contributed by atoms with Gasteiger partial charge in [-0.3, -0.25) is 0 Å². The SMILES string of the molecule is CCCCCCn1cc[n+](C)c1CC=O. The molecule has 1 heterocycles. The van der Waals surface area contributed by atoms with Crippen molar-refractivity contribution in [3.63, 3.8) is 0 Å². The summed E-state index contributed by atoms with van der Waals surface area (Å²) in [7, 11) is 1.99. The minimum absolute atomic E-state index is 0.511. The Morgan fingerprint density at radius 2 is 2.20 bits per heavy atom. The molecule has 1 aromatic rings. The molecule has 3 heteroatoms. The number of aromatic nitrogens is 2. The third-order valence-electron chi connectivity index (χ3n) is 2.73. The lowest BCUT2D eigenvalue weighted by Crippen LogP contribution is -2.32. The van der Waals surface area contributed by atoms with Crippen LogP contribution in [-0.4, -0.2) is 10.9 Å². The first-order chi connectivity index (χ1) is 7.29. The maximum atomic E-state index is 10.5. The van der Waals surface area contributed by atoms with E-state index in [1.807, 2.05) is 17.8 Å². The number of aldehydes is 1. The van der Waals surface area contributed by atoms with Crippen molar-refractivity contribution in [3.05, 3.63) is 18.2 Å². The van der Waals surface area contributed by atoms with Gasteiger partial charge < -0.3 is 4.79 Å². The van der Waals surface area contributed by atoms with Crippen LogP contribution in [0.15, 0.2) is 12.4 Å². The molecule has 0 bridgehead atoms. The number of rotatable bonds is 7. The molecule has 0 spiro atoms. The average molecular weight is 209 g/mol. The van der Waals surface area contributed by atoms with Crippen LogP contribution >= 0.6 is 0 Å². The molecule has 1 aromatic heterocycles. The molecule has 0 aliphatic heterocycles. The zero-order valence-electron chi connectivity index (χ0n) is 9.78. The molecule has 84 valence electrons. The highest BCUT2D eigenvalue weighted by Crippen LogP contribution is 2.03. The molecule has 15 heavy (non-hydrogen) atoms. The summed E-state index contributed by atoms with van der Waals surface area (Å²) in [4.78, 5) is 10.5. The molecule has 0 unspecified atom stereocenters. The Hall–Kier alpha value is -1.12. The molecule has 0 aliphatic rings. The van der Waals surface area contributed by atoms with Gasteiger partial charge in [0.15, 0.2) is 0 Å². The Labute approximate surface area is 91.7 Å². The van der Waals surface area contributed by atoms with E-state index in [9.17, 15) is 4.79 Å². The van der Waals surface area contributed by atoms with Gasteiger partial charge in [-0.1, -0.05) is 19.8 Å². The lowest BCUT2D eigenvalue weighted by molar-refractivity contribution is -0.678. The third-order valence-corrected chi connectivity index (χ3v) is 2.73. The average Bonchev–Trinajstić information content (AvgIpc) is 2.57. The topological polar surface area (TPSA) is 25.9 Å². The standard InChI is InChI=1S/C12H21N2O/c1-3-4-5-6-8-14-10-9-13(2)12(14)7-11-15/h9-11H,3-8H2,1-2H3/q+1. The molecule has 0 radical (unpaired) electrons. The summed E-state index contributed by atoms with van der Waals surface area (Å²) in [5.74, 6) is 1.10. The van der Waals surface area contributed by atoms with Crippen molar-refractivity contribution < 1.29 is 9.36 Å². The molecule has 0 aromatic carbocycles. The lowest BCUT2D eigenvalue weighted by Gasteiger charge is -2.00. The second-order valence-electron chi connectivity index (χ2n) is 3.95. The number of unbranched alkanes of at least 4 members (excludes halogenated alkanes) is 3. The highest BCUT2D eigenvalue weighted by atomic mass is 16.1. The van der Waals surface area contributed by atoms with Crippen molar-refractivity contribution in [2.24, 2.45) is 7.05 Å². The minimum Gasteiger partial charge on any atom is -0.303 e. The fraction of sp³-hybridized carbons (Fsp3) is 0.667. The van der Waals surface area contributed by atoms with Gasteiger partial charge >= 0.3 is 0 Å². The summed E-state index contributed by atoms with van der Waals surface area (Å²) in [5.41, 5.74) is 0. The number of imidazole rings is 1. The highest BCUT2D eigenvalue weighted by molar-refractivity contribution is 5.52. The van der Waals surface area contributed by atoms with Gasteiger partial charge in [0.25, 0.3) is 5.82 Å². The van der Waals surface area contributed by atoms with Gasteiger partial charge in [-0.25, -0.2) is 9.13 Å². The van der Waals surface area contributed by atoms with Crippen LogP contribution < -0.4 is 4.57 Å². The van der Waals surface area contributed by atoms with E-state index >= 15 is 0 Å². The molecular weight excluding hydrogens is 188 g/mol. The van der Waals surface area contributed by atoms with Crippen LogP contribution in [0.3, 0.4) is 0 Å². The predicted molar refractivity (Wildman–Crippen MR) is 59.5 cm³/mol. The van der Waals surface area contributed by atoms with E-state index in [1.165, 1.54) is 25.7 Å². The molecule has 0 atom stereocenters. The molecule has 0 aliphatic carbocycles. The van der Waals surface area contributed by atoms with E-state index in [2.05, 4.69) is 17.7 Å². The van der Waals surface area contributed by atoms with E-state index in [1.54, 1.807) is 0 Å². The largest absolute Gasteiger partial charge is 0.303 e. The monoisotopic (exact) mass is 209 g/mol. The van der Waals surface area contributed by atoms with Crippen LogP contribution in [0.1, 0.15) is 38.4 Å². The van der Waals surface area contributed by atoms with Crippen LogP contribution in [0.4, 0.5) is 0 Å². The highest BCUT2D eigenvalue weighted by Gasteiger charge is 2.12. The van der Waals surface area contributed by atoms with Gasteiger partial charge in [0.2, 0.25) is 0 Å². The lowest BCUT2D eigenvalue weighted by atomic mass is 10.2.